The van der Waals surface area contributed by atoms with Crippen molar-refractivity contribution >= 4 is 5.96 Å². The van der Waals surface area contributed by atoms with Gasteiger partial charge in [-0.3, -0.25) is 4.99 Å². The summed E-state index contributed by atoms with van der Waals surface area (Å²) in [6.07, 6.45) is 6.36. The molecule has 136 valence electrons. The number of aliphatic imine (C=N–C) groups is 1. The molecule has 5 heteroatoms. The van der Waals surface area contributed by atoms with Crippen molar-refractivity contribution in [1.29, 1.82) is 0 Å². The lowest BCUT2D eigenvalue weighted by atomic mass is 9.67. The summed E-state index contributed by atoms with van der Waals surface area (Å²) in [7, 11) is 3.62. The van der Waals surface area contributed by atoms with Crippen LogP contribution in [0.15, 0.2) is 4.99 Å². The molecule has 23 heavy (non-hydrogen) atoms. The summed E-state index contributed by atoms with van der Waals surface area (Å²) in [5, 5.41) is 6.92. The lowest BCUT2D eigenvalue weighted by Crippen LogP contribution is -2.47. The van der Waals surface area contributed by atoms with Crippen molar-refractivity contribution in [2.75, 3.05) is 40.5 Å². The maximum Gasteiger partial charge on any atom is 0.190 e. The zero-order chi connectivity index (χ0) is 17.1. The molecule has 0 aromatic rings. The second-order valence-corrected chi connectivity index (χ2v) is 6.98. The lowest BCUT2D eigenvalue weighted by molar-refractivity contribution is 0.0258. The highest BCUT2D eigenvalue weighted by Gasteiger charge is 2.36. The molecule has 1 aliphatic rings. The molecular formula is C18H37N3O2. The summed E-state index contributed by atoms with van der Waals surface area (Å²) >= 11 is 0. The molecule has 1 aliphatic carbocycles. The second-order valence-electron chi connectivity index (χ2n) is 6.98. The normalized spacial score (nSPS) is 18.6. The fraction of sp³-hybridized carbons (Fsp3) is 0.944. The third kappa shape index (κ3) is 7.08. The van der Waals surface area contributed by atoms with Gasteiger partial charge in [-0.1, -0.05) is 20.3 Å². The maximum absolute atomic E-state index is 5.79. The van der Waals surface area contributed by atoms with Crippen molar-refractivity contribution in [3.63, 3.8) is 0 Å². The smallest absolute Gasteiger partial charge is 0.190 e. The van der Waals surface area contributed by atoms with Crippen molar-refractivity contribution < 1.29 is 9.47 Å². The van der Waals surface area contributed by atoms with Crippen LogP contribution in [0.4, 0.5) is 0 Å². The largest absolute Gasteiger partial charge is 0.385 e. The molecule has 0 bridgehead atoms. The Morgan fingerprint density at radius 2 is 2.00 bits per heavy atom. The Hall–Kier alpha value is -0.810. The van der Waals surface area contributed by atoms with Gasteiger partial charge in [-0.2, -0.15) is 0 Å². The highest BCUT2D eigenvalue weighted by atomic mass is 16.5. The van der Waals surface area contributed by atoms with E-state index in [-0.39, 0.29) is 0 Å². The number of hydrogen-bond acceptors (Lipinski definition) is 3. The van der Waals surface area contributed by atoms with Crippen molar-refractivity contribution in [1.82, 2.24) is 10.6 Å². The van der Waals surface area contributed by atoms with Crippen LogP contribution >= 0.6 is 0 Å². The average molecular weight is 328 g/mol. The predicted octanol–water partition coefficient (Wildman–Crippen LogP) is 2.81. The molecule has 0 aromatic carbocycles. The molecule has 0 aromatic heterocycles. The van der Waals surface area contributed by atoms with Crippen LogP contribution in [0.3, 0.4) is 0 Å². The molecular weight excluding hydrogens is 290 g/mol. The Balaban J connectivity index is 2.31. The quantitative estimate of drug-likeness (QED) is 0.453. The van der Waals surface area contributed by atoms with Crippen LogP contribution in [0.5, 0.6) is 0 Å². The van der Waals surface area contributed by atoms with Crippen LogP contribution in [-0.4, -0.2) is 52.5 Å². The Kier molecular flexibility index (Phi) is 9.56. The van der Waals surface area contributed by atoms with E-state index in [1.165, 1.54) is 19.3 Å². The van der Waals surface area contributed by atoms with Crippen molar-refractivity contribution in [2.45, 2.75) is 59.0 Å². The van der Waals surface area contributed by atoms with Gasteiger partial charge < -0.3 is 20.1 Å². The first kappa shape index (κ1) is 20.2. The first-order chi connectivity index (χ1) is 11.1. The Morgan fingerprint density at radius 3 is 2.48 bits per heavy atom. The lowest BCUT2D eigenvalue weighted by Gasteiger charge is -2.42. The molecule has 0 aliphatic heterocycles. The molecule has 5 nitrogen and oxygen atoms in total. The zero-order valence-corrected chi connectivity index (χ0v) is 15.8. The van der Waals surface area contributed by atoms with E-state index in [0.717, 1.165) is 45.1 Å². The molecule has 1 rings (SSSR count). The van der Waals surface area contributed by atoms with Gasteiger partial charge in [0.05, 0.1) is 6.10 Å². The number of rotatable bonds is 11. The predicted molar refractivity (Wildman–Crippen MR) is 97.0 cm³/mol. The fourth-order valence-corrected chi connectivity index (χ4v) is 3.16. The summed E-state index contributed by atoms with van der Waals surface area (Å²) in [5.41, 5.74) is 0.402. The SMILES string of the molecule is CCOC(CCNC(=NC)NCC1(CCOC)CCC1)C(C)C. The monoisotopic (exact) mass is 327 g/mol. The number of nitrogens with zero attached hydrogens (tertiary/aromatic N) is 1. The summed E-state index contributed by atoms with van der Waals surface area (Å²) < 4.78 is 11.0. The van der Waals surface area contributed by atoms with E-state index in [0.29, 0.717) is 17.4 Å². The Morgan fingerprint density at radius 1 is 1.26 bits per heavy atom. The van der Waals surface area contributed by atoms with E-state index in [9.17, 15) is 0 Å². The van der Waals surface area contributed by atoms with Crippen LogP contribution in [-0.2, 0) is 9.47 Å². The summed E-state index contributed by atoms with van der Waals surface area (Å²) in [6.45, 7) is 9.97. The molecule has 1 atom stereocenters. The highest BCUT2D eigenvalue weighted by Crippen LogP contribution is 2.43. The van der Waals surface area contributed by atoms with Crippen molar-refractivity contribution in [3.05, 3.63) is 0 Å². The van der Waals surface area contributed by atoms with Gasteiger partial charge in [0.1, 0.15) is 0 Å². The molecule has 0 saturated heterocycles. The summed E-state index contributed by atoms with van der Waals surface area (Å²) in [4.78, 5) is 4.34. The molecule has 0 heterocycles. The van der Waals surface area contributed by atoms with E-state index in [1.54, 1.807) is 7.11 Å². The van der Waals surface area contributed by atoms with Gasteiger partial charge in [0, 0.05) is 40.5 Å². The third-order valence-electron chi connectivity index (χ3n) is 4.95. The Labute approximate surface area is 142 Å². The van der Waals surface area contributed by atoms with E-state index in [4.69, 9.17) is 9.47 Å². The molecule has 0 amide bonds. The van der Waals surface area contributed by atoms with Gasteiger partial charge in [-0.05, 0) is 43.9 Å². The van der Waals surface area contributed by atoms with Crippen LogP contribution < -0.4 is 10.6 Å². The van der Waals surface area contributed by atoms with Crippen molar-refractivity contribution in [2.24, 2.45) is 16.3 Å². The van der Waals surface area contributed by atoms with E-state index >= 15 is 0 Å². The minimum atomic E-state index is 0.310. The molecule has 0 radical (unpaired) electrons. The van der Waals surface area contributed by atoms with E-state index < -0.39 is 0 Å². The number of methoxy groups -OCH3 is 1. The molecule has 1 unspecified atom stereocenters. The first-order valence-corrected chi connectivity index (χ1v) is 9.12. The van der Waals surface area contributed by atoms with Gasteiger partial charge in [-0.25, -0.2) is 0 Å². The van der Waals surface area contributed by atoms with Gasteiger partial charge in [0.2, 0.25) is 0 Å². The first-order valence-electron chi connectivity index (χ1n) is 9.12. The molecule has 2 N–H and O–H groups in total. The number of hydrogen-bond donors (Lipinski definition) is 2. The number of guanidine groups is 1. The van der Waals surface area contributed by atoms with Crippen LogP contribution in [0, 0.1) is 11.3 Å². The highest BCUT2D eigenvalue weighted by molar-refractivity contribution is 5.79. The van der Waals surface area contributed by atoms with E-state index in [2.05, 4.69) is 36.4 Å². The van der Waals surface area contributed by atoms with Crippen LogP contribution in [0.1, 0.15) is 52.9 Å². The minimum Gasteiger partial charge on any atom is -0.385 e. The van der Waals surface area contributed by atoms with Gasteiger partial charge in [-0.15, -0.1) is 0 Å². The topological polar surface area (TPSA) is 54.9 Å². The summed E-state index contributed by atoms with van der Waals surface area (Å²) in [6, 6.07) is 0. The number of nitrogens with one attached hydrogen (secondary N) is 2. The van der Waals surface area contributed by atoms with Gasteiger partial charge >= 0.3 is 0 Å². The zero-order valence-electron chi connectivity index (χ0n) is 15.8. The fourth-order valence-electron chi connectivity index (χ4n) is 3.16. The number of ether oxygens (including phenoxy) is 2. The van der Waals surface area contributed by atoms with Crippen LogP contribution in [0.2, 0.25) is 0 Å². The molecule has 1 fully saturated rings. The second kappa shape index (κ2) is 10.9. The van der Waals surface area contributed by atoms with Gasteiger partial charge in [0.25, 0.3) is 0 Å². The van der Waals surface area contributed by atoms with E-state index in [1.807, 2.05) is 7.05 Å². The molecule has 1 saturated carbocycles. The third-order valence-corrected chi connectivity index (χ3v) is 4.95. The summed E-state index contributed by atoms with van der Waals surface area (Å²) in [5.74, 6) is 1.44. The standard InChI is InChI=1S/C18H37N3O2/c1-6-23-16(15(2)3)8-12-20-17(19-4)21-14-18(9-7-10-18)11-13-22-5/h15-16H,6-14H2,1-5H3,(H2,19,20,21). The van der Waals surface area contributed by atoms with Crippen molar-refractivity contribution in [3.8, 4) is 0 Å². The maximum atomic E-state index is 5.79. The minimum absolute atomic E-state index is 0.310. The Bertz CT molecular complexity index is 341. The van der Waals surface area contributed by atoms with Crippen LogP contribution in [0.25, 0.3) is 0 Å². The average Bonchev–Trinajstić information content (AvgIpc) is 2.50. The molecule has 0 spiro atoms. The van der Waals surface area contributed by atoms with Gasteiger partial charge in [0.15, 0.2) is 5.96 Å².